The second-order valence-corrected chi connectivity index (χ2v) is 11.0. The molecule has 2 amide bonds. The van der Waals surface area contributed by atoms with Crippen molar-refractivity contribution in [2.75, 3.05) is 0 Å². The number of ether oxygens (including phenoxy) is 1. The second-order valence-electron chi connectivity index (χ2n) is 11.0. The summed E-state index contributed by atoms with van der Waals surface area (Å²) in [7, 11) is 0. The van der Waals surface area contributed by atoms with Gasteiger partial charge in [-0.3, -0.25) is 9.59 Å². The van der Waals surface area contributed by atoms with Gasteiger partial charge in [0.15, 0.2) is 0 Å². The Morgan fingerprint density at radius 3 is 2.03 bits per heavy atom. The number of hydrogen-bond donors (Lipinski definition) is 2. The van der Waals surface area contributed by atoms with Gasteiger partial charge in [-0.05, 0) is 62.4 Å². The lowest BCUT2D eigenvalue weighted by molar-refractivity contribution is -0.132. The molecule has 1 fully saturated rings. The predicted molar refractivity (Wildman–Crippen MR) is 147 cm³/mol. The number of rotatable bonds is 9. The molecule has 5 heteroatoms. The van der Waals surface area contributed by atoms with E-state index in [2.05, 4.69) is 10.6 Å². The van der Waals surface area contributed by atoms with Crippen molar-refractivity contribution in [3.63, 3.8) is 0 Å². The summed E-state index contributed by atoms with van der Waals surface area (Å²) in [6.07, 6.45) is 4.00. The fraction of sp³-hybridized carbons (Fsp3) is 0.375. The fourth-order valence-corrected chi connectivity index (χ4v) is 5.04. The van der Waals surface area contributed by atoms with Gasteiger partial charge in [-0.15, -0.1) is 0 Å². The van der Waals surface area contributed by atoms with Gasteiger partial charge in [-0.25, -0.2) is 0 Å². The minimum absolute atomic E-state index is 0.0620. The summed E-state index contributed by atoms with van der Waals surface area (Å²) in [6.45, 7) is 6.34. The van der Waals surface area contributed by atoms with Crippen LogP contribution in [0.3, 0.4) is 0 Å². The van der Waals surface area contributed by atoms with Crippen LogP contribution in [0, 0.1) is 0 Å². The lowest BCUT2D eigenvalue weighted by Gasteiger charge is -2.32. The van der Waals surface area contributed by atoms with E-state index in [9.17, 15) is 9.59 Å². The Morgan fingerprint density at radius 1 is 0.838 bits per heavy atom. The van der Waals surface area contributed by atoms with Crippen LogP contribution in [0.1, 0.15) is 63.1 Å². The zero-order valence-electron chi connectivity index (χ0n) is 22.1. The SMILES string of the molecule is CC(C)(C)NC(=O)C(Cc1ccc(OCc2ccccc2)cc1)NC(=O)C1(c2ccccc2)CCCC1. The summed E-state index contributed by atoms with van der Waals surface area (Å²) >= 11 is 0. The van der Waals surface area contributed by atoms with Crippen molar-refractivity contribution < 1.29 is 14.3 Å². The Hall–Kier alpha value is -3.60. The summed E-state index contributed by atoms with van der Waals surface area (Å²) in [5.41, 5.74) is 2.10. The molecule has 0 radical (unpaired) electrons. The Kier molecular flexibility index (Phi) is 8.32. The second kappa shape index (κ2) is 11.6. The van der Waals surface area contributed by atoms with Crippen LogP contribution >= 0.6 is 0 Å². The number of hydrogen-bond acceptors (Lipinski definition) is 3. The molecular weight excluding hydrogens is 460 g/mol. The summed E-state index contributed by atoms with van der Waals surface area (Å²) in [6, 6.07) is 27.1. The van der Waals surface area contributed by atoms with E-state index < -0.39 is 17.0 Å². The highest BCUT2D eigenvalue weighted by Crippen LogP contribution is 2.41. The molecule has 2 N–H and O–H groups in total. The molecule has 4 rings (SSSR count). The zero-order valence-corrected chi connectivity index (χ0v) is 22.1. The minimum Gasteiger partial charge on any atom is -0.489 e. The van der Waals surface area contributed by atoms with Gasteiger partial charge >= 0.3 is 0 Å². The first-order valence-corrected chi connectivity index (χ1v) is 13.2. The molecule has 37 heavy (non-hydrogen) atoms. The predicted octanol–water partition coefficient (Wildman–Crippen LogP) is 5.72. The summed E-state index contributed by atoms with van der Waals surface area (Å²) in [5.74, 6) is 0.529. The van der Waals surface area contributed by atoms with Crippen LogP contribution in [-0.4, -0.2) is 23.4 Å². The first-order chi connectivity index (χ1) is 17.7. The Bertz CT molecular complexity index is 1160. The number of carbonyl (C=O) groups is 2. The molecule has 0 bridgehead atoms. The molecule has 0 saturated heterocycles. The highest BCUT2D eigenvalue weighted by Gasteiger charge is 2.43. The van der Waals surface area contributed by atoms with Crippen molar-refractivity contribution in [3.05, 3.63) is 102 Å². The van der Waals surface area contributed by atoms with Crippen LogP contribution in [-0.2, 0) is 28.0 Å². The van der Waals surface area contributed by atoms with Crippen molar-refractivity contribution in [3.8, 4) is 5.75 Å². The first-order valence-electron chi connectivity index (χ1n) is 13.2. The molecule has 5 nitrogen and oxygen atoms in total. The molecule has 0 spiro atoms. The zero-order chi connectivity index (χ0) is 26.3. The maximum Gasteiger partial charge on any atom is 0.243 e. The molecule has 3 aromatic carbocycles. The van der Waals surface area contributed by atoms with Gasteiger partial charge in [0, 0.05) is 12.0 Å². The number of benzene rings is 3. The van der Waals surface area contributed by atoms with Crippen LogP contribution in [0.4, 0.5) is 0 Å². The standard InChI is InChI=1S/C32H38N2O3/c1-31(2,3)34-29(35)28(33-30(36)32(20-10-11-21-32)26-14-8-5-9-15-26)22-24-16-18-27(19-17-24)37-23-25-12-6-4-7-13-25/h4-9,12-19,28H,10-11,20-23H2,1-3H3,(H,33,36)(H,34,35). The van der Waals surface area contributed by atoms with Gasteiger partial charge in [0.1, 0.15) is 18.4 Å². The van der Waals surface area contributed by atoms with Crippen molar-refractivity contribution in [2.45, 2.75) is 76.5 Å². The van der Waals surface area contributed by atoms with E-state index in [-0.39, 0.29) is 11.8 Å². The Balaban J connectivity index is 1.49. The molecule has 0 aliphatic heterocycles. The smallest absolute Gasteiger partial charge is 0.243 e. The molecule has 194 valence electrons. The van der Waals surface area contributed by atoms with E-state index in [1.54, 1.807) is 0 Å². The molecule has 1 unspecified atom stereocenters. The molecule has 1 aliphatic rings. The van der Waals surface area contributed by atoms with Crippen LogP contribution < -0.4 is 15.4 Å². The largest absolute Gasteiger partial charge is 0.489 e. The van der Waals surface area contributed by atoms with E-state index in [4.69, 9.17) is 4.74 Å². The Labute approximate surface area is 220 Å². The fourth-order valence-electron chi connectivity index (χ4n) is 5.04. The third-order valence-electron chi connectivity index (χ3n) is 6.95. The third-order valence-corrected chi connectivity index (χ3v) is 6.95. The van der Waals surface area contributed by atoms with Crippen molar-refractivity contribution in [2.24, 2.45) is 0 Å². The van der Waals surface area contributed by atoms with Gasteiger partial charge in [0.05, 0.1) is 5.41 Å². The van der Waals surface area contributed by atoms with Crippen LogP contribution in [0.2, 0.25) is 0 Å². The van der Waals surface area contributed by atoms with Crippen LogP contribution in [0.5, 0.6) is 5.75 Å². The minimum atomic E-state index is -0.677. The van der Waals surface area contributed by atoms with E-state index in [1.165, 1.54) is 0 Å². The first kappa shape index (κ1) is 26.5. The maximum atomic E-state index is 13.8. The van der Waals surface area contributed by atoms with E-state index in [0.29, 0.717) is 13.0 Å². The average Bonchev–Trinajstić information content (AvgIpc) is 3.39. The van der Waals surface area contributed by atoms with Crippen LogP contribution in [0.25, 0.3) is 0 Å². The monoisotopic (exact) mass is 498 g/mol. The molecule has 1 saturated carbocycles. The average molecular weight is 499 g/mol. The summed E-state index contributed by atoms with van der Waals surface area (Å²) in [5, 5.41) is 6.21. The van der Waals surface area contributed by atoms with Gasteiger partial charge in [0.2, 0.25) is 11.8 Å². The maximum absolute atomic E-state index is 13.8. The topological polar surface area (TPSA) is 67.4 Å². The lowest BCUT2D eigenvalue weighted by Crippen LogP contribution is -2.56. The third kappa shape index (κ3) is 7.00. The highest BCUT2D eigenvalue weighted by molar-refractivity contribution is 5.93. The van der Waals surface area contributed by atoms with Gasteiger partial charge in [-0.2, -0.15) is 0 Å². The number of nitrogens with one attached hydrogen (secondary N) is 2. The molecule has 0 aromatic heterocycles. The normalized spacial score (nSPS) is 15.5. The lowest BCUT2D eigenvalue weighted by atomic mass is 9.77. The van der Waals surface area contributed by atoms with E-state index in [1.807, 2.05) is 106 Å². The molecule has 1 atom stereocenters. The molecule has 1 aliphatic carbocycles. The summed E-state index contributed by atoms with van der Waals surface area (Å²) in [4.78, 5) is 27.1. The van der Waals surface area contributed by atoms with Crippen molar-refractivity contribution >= 4 is 11.8 Å². The van der Waals surface area contributed by atoms with Gasteiger partial charge in [0.25, 0.3) is 0 Å². The number of carbonyl (C=O) groups excluding carboxylic acids is 2. The quantitative estimate of drug-likeness (QED) is 0.397. The summed E-state index contributed by atoms with van der Waals surface area (Å²) < 4.78 is 5.91. The van der Waals surface area contributed by atoms with Crippen molar-refractivity contribution in [1.82, 2.24) is 10.6 Å². The Morgan fingerprint density at radius 2 is 1.43 bits per heavy atom. The number of amides is 2. The van der Waals surface area contributed by atoms with Crippen molar-refractivity contribution in [1.29, 1.82) is 0 Å². The molecular formula is C32H38N2O3. The molecule has 3 aromatic rings. The van der Waals surface area contributed by atoms with Gasteiger partial charge in [-0.1, -0.05) is 85.6 Å². The van der Waals surface area contributed by atoms with E-state index in [0.717, 1.165) is 48.1 Å². The molecule has 0 heterocycles. The highest BCUT2D eigenvalue weighted by atomic mass is 16.5. The van der Waals surface area contributed by atoms with Gasteiger partial charge < -0.3 is 15.4 Å². The van der Waals surface area contributed by atoms with E-state index >= 15 is 0 Å². The van der Waals surface area contributed by atoms with Crippen LogP contribution in [0.15, 0.2) is 84.9 Å².